The van der Waals surface area contributed by atoms with Crippen LogP contribution in [0.3, 0.4) is 0 Å². The minimum absolute atomic E-state index is 0.192. The van der Waals surface area contributed by atoms with E-state index < -0.39 is 0 Å². The van der Waals surface area contributed by atoms with Crippen LogP contribution in [0.2, 0.25) is 5.02 Å². The average Bonchev–Trinajstić information content (AvgIpc) is 2.93. The standard InChI is InChI=1S/C27H32ClN7O3/c1-34-10-12-35(13-11-34)21-8-9-23(24(16-21)38-2)32-27-30-18-22(28)26(33-27)29-17-19-5-3-6-20(15-19)31-25(37)7-4-14-36/h3-9,15-16,18,36H,10-14,17H2,1-2H3,(H,31,37)(H2,29,30,32,33)/b7-4+. The number of piperazine rings is 1. The monoisotopic (exact) mass is 537 g/mol. The summed E-state index contributed by atoms with van der Waals surface area (Å²) in [5, 5.41) is 18.4. The summed E-state index contributed by atoms with van der Waals surface area (Å²) in [7, 11) is 3.78. The van der Waals surface area contributed by atoms with Gasteiger partial charge in [0.1, 0.15) is 10.8 Å². The number of amides is 1. The molecule has 11 heteroatoms. The molecule has 0 bridgehead atoms. The Balaban J connectivity index is 1.42. The van der Waals surface area contributed by atoms with Crippen molar-refractivity contribution < 1.29 is 14.6 Å². The predicted molar refractivity (Wildman–Crippen MR) is 152 cm³/mol. The molecule has 1 fully saturated rings. The van der Waals surface area contributed by atoms with Crippen LogP contribution >= 0.6 is 11.6 Å². The van der Waals surface area contributed by atoms with Crippen molar-refractivity contribution in [2.45, 2.75) is 6.54 Å². The molecule has 1 amide bonds. The quantitative estimate of drug-likeness (QED) is 0.287. The highest BCUT2D eigenvalue weighted by molar-refractivity contribution is 6.32. The summed E-state index contributed by atoms with van der Waals surface area (Å²) < 4.78 is 5.65. The minimum Gasteiger partial charge on any atom is -0.494 e. The number of aliphatic hydroxyl groups is 1. The van der Waals surface area contributed by atoms with Crippen LogP contribution in [-0.4, -0.2) is 72.8 Å². The highest BCUT2D eigenvalue weighted by Gasteiger charge is 2.16. The van der Waals surface area contributed by atoms with Crippen LogP contribution in [0.1, 0.15) is 5.56 Å². The van der Waals surface area contributed by atoms with Gasteiger partial charge < -0.3 is 35.6 Å². The van der Waals surface area contributed by atoms with Gasteiger partial charge >= 0.3 is 0 Å². The van der Waals surface area contributed by atoms with Gasteiger partial charge in [-0.15, -0.1) is 0 Å². The average molecular weight is 538 g/mol. The lowest BCUT2D eigenvalue weighted by atomic mass is 10.2. The van der Waals surface area contributed by atoms with Crippen LogP contribution in [0.25, 0.3) is 0 Å². The molecule has 1 aliphatic heterocycles. The smallest absolute Gasteiger partial charge is 0.248 e. The molecule has 3 aromatic rings. The molecule has 4 N–H and O–H groups in total. The number of ether oxygens (including phenoxy) is 1. The second kappa shape index (κ2) is 13.1. The largest absolute Gasteiger partial charge is 0.494 e. The number of carbonyl (C=O) groups is 1. The van der Waals surface area contributed by atoms with Crippen molar-refractivity contribution in [3.63, 3.8) is 0 Å². The van der Waals surface area contributed by atoms with Gasteiger partial charge in [-0.2, -0.15) is 4.98 Å². The Labute approximate surface area is 227 Å². The Morgan fingerprint density at radius 2 is 2.00 bits per heavy atom. The summed E-state index contributed by atoms with van der Waals surface area (Å²) >= 11 is 6.36. The molecule has 0 atom stereocenters. The molecule has 1 aromatic heterocycles. The predicted octanol–water partition coefficient (Wildman–Crippen LogP) is 3.73. The van der Waals surface area contributed by atoms with Crippen LogP contribution in [0.4, 0.5) is 28.8 Å². The van der Waals surface area contributed by atoms with Crippen LogP contribution in [0, 0.1) is 0 Å². The lowest BCUT2D eigenvalue weighted by Gasteiger charge is -2.34. The van der Waals surface area contributed by atoms with E-state index in [0.717, 1.165) is 43.1 Å². The Kier molecular flexibility index (Phi) is 9.36. The van der Waals surface area contributed by atoms with Gasteiger partial charge in [0.15, 0.2) is 5.82 Å². The first-order valence-electron chi connectivity index (χ1n) is 12.3. The van der Waals surface area contributed by atoms with Crippen molar-refractivity contribution in [3.8, 4) is 5.75 Å². The van der Waals surface area contributed by atoms with E-state index in [1.54, 1.807) is 13.2 Å². The van der Waals surface area contributed by atoms with Gasteiger partial charge in [0.05, 0.1) is 25.6 Å². The van der Waals surface area contributed by atoms with Crippen LogP contribution in [-0.2, 0) is 11.3 Å². The fourth-order valence-electron chi connectivity index (χ4n) is 4.00. The molecule has 4 rings (SSSR count). The summed E-state index contributed by atoms with van der Waals surface area (Å²) in [5.74, 6) is 1.23. The summed E-state index contributed by atoms with van der Waals surface area (Å²) in [6, 6.07) is 13.5. The van der Waals surface area contributed by atoms with E-state index in [-0.39, 0.29) is 12.5 Å². The first-order valence-corrected chi connectivity index (χ1v) is 12.6. The highest BCUT2D eigenvalue weighted by Crippen LogP contribution is 2.32. The zero-order valence-electron chi connectivity index (χ0n) is 21.4. The molecule has 1 saturated heterocycles. The number of aliphatic hydroxyl groups excluding tert-OH is 1. The van der Waals surface area contributed by atoms with Crippen molar-refractivity contribution in [2.75, 3.05) is 67.8 Å². The fraction of sp³-hybridized carbons (Fsp3) is 0.296. The molecule has 2 heterocycles. The van der Waals surface area contributed by atoms with Crippen LogP contribution in [0.15, 0.2) is 60.8 Å². The molecular weight excluding hydrogens is 506 g/mol. The lowest BCUT2D eigenvalue weighted by molar-refractivity contribution is -0.111. The van der Waals surface area contributed by atoms with Gasteiger partial charge in [-0.05, 0) is 36.9 Å². The molecule has 2 aromatic carbocycles. The summed E-state index contributed by atoms with van der Waals surface area (Å²) in [5.41, 5.74) is 3.42. The zero-order chi connectivity index (χ0) is 26.9. The maximum atomic E-state index is 11.9. The van der Waals surface area contributed by atoms with Crippen molar-refractivity contribution in [1.82, 2.24) is 14.9 Å². The number of hydrogen-bond donors (Lipinski definition) is 4. The van der Waals surface area contributed by atoms with Crippen LogP contribution < -0.4 is 25.6 Å². The van der Waals surface area contributed by atoms with Crippen molar-refractivity contribution in [1.29, 1.82) is 0 Å². The Morgan fingerprint density at radius 1 is 1.18 bits per heavy atom. The number of nitrogens with zero attached hydrogens (tertiary/aromatic N) is 4. The van der Waals surface area contributed by atoms with Crippen molar-refractivity contribution in [3.05, 3.63) is 71.4 Å². The number of likely N-dealkylation sites (N-methyl/N-ethyl adjacent to an activating group) is 1. The number of benzene rings is 2. The SMILES string of the molecule is COc1cc(N2CCN(C)CC2)ccc1Nc1ncc(Cl)c(NCc2cccc(NC(=O)/C=C/CO)c2)n1. The maximum absolute atomic E-state index is 11.9. The number of hydrogen-bond acceptors (Lipinski definition) is 9. The van der Waals surface area contributed by atoms with Gasteiger partial charge in [-0.25, -0.2) is 4.98 Å². The van der Waals surface area contributed by atoms with E-state index in [1.807, 2.05) is 30.3 Å². The maximum Gasteiger partial charge on any atom is 0.248 e. The number of carbonyl (C=O) groups excluding carboxylic acids is 1. The summed E-state index contributed by atoms with van der Waals surface area (Å²) in [4.78, 5) is 25.4. The molecular formula is C27H32ClN7O3. The van der Waals surface area contributed by atoms with E-state index >= 15 is 0 Å². The molecule has 38 heavy (non-hydrogen) atoms. The number of rotatable bonds is 10. The normalized spacial score (nSPS) is 13.9. The second-order valence-corrected chi connectivity index (χ2v) is 9.23. The first kappa shape index (κ1) is 27.2. The van der Waals surface area contributed by atoms with Gasteiger partial charge in [0.2, 0.25) is 11.9 Å². The van der Waals surface area contributed by atoms with E-state index in [4.69, 9.17) is 21.4 Å². The van der Waals surface area contributed by atoms with E-state index in [2.05, 4.69) is 48.8 Å². The van der Waals surface area contributed by atoms with E-state index in [1.165, 1.54) is 18.3 Å². The molecule has 0 spiro atoms. The van der Waals surface area contributed by atoms with Gasteiger partial charge in [-0.1, -0.05) is 29.8 Å². The molecule has 0 radical (unpaired) electrons. The molecule has 0 saturated carbocycles. The van der Waals surface area contributed by atoms with Crippen LogP contribution in [0.5, 0.6) is 5.75 Å². The minimum atomic E-state index is -0.314. The Morgan fingerprint density at radius 3 is 2.76 bits per heavy atom. The molecule has 10 nitrogen and oxygen atoms in total. The molecule has 0 unspecified atom stereocenters. The molecule has 0 aliphatic carbocycles. The van der Waals surface area contributed by atoms with E-state index in [0.29, 0.717) is 34.8 Å². The number of halogens is 1. The third kappa shape index (κ3) is 7.34. The first-order chi connectivity index (χ1) is 18.4. The lowest BCUT2D eigenvalue weighted by Crippen LogP contribution is -2.44. The summed E-state index contributed by atoms with van der Waals surface area (Å²) in [6.07, 6.45) is 4.20. The number of anilines is 5. The van der Waals surface area contributed by atoms with Gasteiger partial charge in [0.25, 0.3) is 0 Å². The number of aromatic nitrogens is 2. The highest BCUT2D eigenvalue weighted by atomic mass is 35.5. The fourth-order valence-corrected chi connectivity index (χ4v) is 4.16. The summed E-state index contributed by atoms with van der Waals surface area (Å²) in [6.45, 7) is 4.23. The van der Waals surface area contributed by atoms with Gasteiger partial charge in [-0.3, -0.25) is 4.79 Å². The Bertz CT molecular complexity index is 1280. The van der Waals surface area contributed by atoms with E-state index in [9.17, 15) is 4.79 Å². The van der Waals surface area contributed by atoms with Crippen molar-refractivity contribution >= 4 is 46.3 Å². The molecule has 1 aliphatic rings. The van der Waals surface area contributed by atoms with Crippen molar-refractivity contribution in [2.24, 2.45) is 0 Å². The number of nitrogens with one attached hydrogen (secondary N) is 3. The zero-order valence-corrected chi connectivity index (χ0v) is 22.2. The third-order valence-electron chi connectivity index (χ3n) is 6.07. The molecule has 200 valence electrons. The number of methoxy groups -OCH3 is 1. The topological polar surface area (TPSA) is 115 Å². The second-order valence-electron chi connectivity index (χ2n) is 8.82. The Hall–Kier alpha value is -3.86. The van der Waals surface area contributed by atoms with Gasteiger partial charge in [0, 0.05) is 56.2 Å². The third-order valence-corrected chi connectivity index (χ3v) is 6.35.